The summed E-state index contributed by atoms with van der Waals surface area (Å²) >= 11 is 3.57. The molecule has 172 valence electrons. The van der Waals surface area contributed by atoms with Crippen LogP contribution >= 0.6 is 15.9 Å². The van der Waals surface area contributed by atoms with Crippen molar-refractivity contribution in [1.29, 1.82) is 0 Å². The highest BCUT2D eigenvalue weighted by Gasteiger charge is 2.38. The van der Waals surface area contributed by atoms with Gasteiger partial charge in [-0.25, -0.2) is 0 Å². The molecule has 1 saturated carbocycles. The van der Waals surface area contributed by atoms with Gasteiger partial charge in [0.2, 0.25) is 0 Å². The summed E-state index contributed by atoms with van der Waals surface area (Å²) in [6, 6.07) is 12.6. The fourth-order valence-corrected chi connectivity index (χ4v) is 8.99. The normalized spacial score (nSPS) is 21.1. The van der Waals surface area contributed by atoms with Crippen molar-refractivity contribution >= 4 is 24.2 Å². The van der Waals surface area contributed by atoms with Gasteiger partial charge in [0.25, 0.3) is 0 Å². The molecule has 0 radical (unpaired) electrons. The molecule has 31 heavy (non-hydrogen) atoms. The van der Waals surface area contributed by atoms with Crippen LogP contribution < -0.4 is 0 Å². The SMILES string of the molecule is CCC(CC)(CC#Cc1cccc([C@H]2CCC/C(=C\Br)[C@@H]2C)c1)O[Si](CC)(CC)CC. The van der Waals surface area contributed by atoms with E-state index in [-0.39, 0.29) is 5.60 Å². The fourth-order valence-electron chi connectivity index (χ4n) is 5.13. The van der Waals surface area contributed by atoms with E-state index < -0.39 is 8.32 Å². The van der Waals surface area contributed by atoms with Gasteiger partial charge in [0.05, 0.1) is 5.60 Å². The number of rotatable bonds is 9. The van der Waals surface area contributed by atoms with Gasteiger partial charge in [-0.3, -0.25) is 0 Å². The summed E-state index contributed by atoms with van der Waals surface area (Å²) in [6.45, 7) is 13.9. The summed E-state index contributed by atoms with van der Waals surface area (Å²) in [5.74, 6) is 8.20. The van der Waals surface area contributed by atoms with Gasteiger partial charge in [-0.1, -0.05) is 87.0 Å². The molecule has 2 atom stereocenters. The summed E-state index contributed by atoms with van der Waals surface area (Å²) < 4.78 is 6.99. The Labute approximate surface area is 201 Å². The van der Waals surface area contributed by atoms with E-state index in [2.05, 4.69) is 98.6 Å². The Morgan fingerprint density at radius 2 is 1.81 bits per heavy atom. The Bertz CT molecular complexity index is 771. The maximum atomic E-state index is 6.99. The van der Waals surface area contributed by atoms with Gasteiger partial charge in [0.15, 0.2) is 8.32 Å². The lowest BCUT2D eigenvalue weighted by Gasteiger charge is -2.41. The smallest absolute Gasteiger partial charge is 0.192 e. The molecule has 0 aliphatic heterocycles. The topological polar surface area (TPSA) is 9.23 Å². The number of allylic oxidation sites excluding steroid dienone is 1. The maximum Gasteiger partial charge on any atom is 0.192 e. The van der Waals surface area contributed by atoms with Gasteiger partial charge in [0.1, 0.15) is 0 Å². The molecule has 0 saturated heterocycles. The second kappa shape index (κ2) is 12.4. The highest BCUT2D eigenvalue weighted by Crippen LogP contribution is 2.41. The van der Waals surface area contributed by atoms with E-state index in [1.807, 2.05) is 0 Å². The van der Waals surface area contributed by atoms with Crippen LogP contribution in [0.1, 0.15) is 97.1 Å². The van der Waals surface area contributed by atoms with Gasteiger partial charge >= 0.3 is 0 Å². The molecule has 3 heteroatoms. The first-order chi connectivity index (χ1) is 14.9. The lowest BCUT2D eigenvalue weighted by Crippen LogP contribution is -2.46. The molecule has 1 fully saturated rings. The van der Waals surface area contributed by atoms with Crippen molar-refractivity contribution in [2.75, 3.05) is 0 Å². The summed E-state index contributed by atoms with van der Waals surface area (Å²) in [4.78, 5) is 2.15. The standard InChI is InChI=1S/C28H43BrOSi/c1-7-28(8-2,30-31(9-3,10-4)11-5)20-14-16-24-15-12-17-25(21-24)27-19-13-18-26(22-29)23(27)6/h12,15,17,21-23,27H,7-11,13,18-20H2,1-6H3/b26-22+/t23-,27-/m0/s1. The Hall–Kier alpha value is -0.823. The minimum Gasteiger partial charge on any atom is -0.410 e. The lowest BCUT2D eigenvalue weighted by molar-refractivity contribution is 0.0527. The van der Waals surface area contributed by atoms with Crippen molar-refractivity contribution in [3.8, 4) is 11.8 Å². The minimum absolute atomic E-state index is 0.0910. The highest BCUT2D eigenvalue weighted by molar-refractivity contribution is 9.11. The number of benzene rings is 1. The molecule has 1 aromatic rings. The van der Waals surface area contributed by atoms with Crippen molar-refractivity contribution in [2.24, 2.45) is 5.92 Å². The van der Waals surface area contributed by atoms with Crippen LogP contribution in [0.5, 0.6) is 0 Å². The molecular formula is C28H43BrOSi. The maximum absolute atomic E-state index is 6.99. The summed E-state index contributed by atoms with van der Waals surface area (Å²) in [5.41, 5.74) is 4.03. The van der Waals surface area contributed by atoms with Gasteiger partial charge in [-0.15, -0.1) is 0 Å². The van der Waals surface area contributed by atoms with E-state index >= 15 is 0 Å². The van der Waals surface area contributed by atoms with Crippen molar-refractivity contribution in [1.82, 2.24) is 0 Å². The zero-order chi connectivity index (χ0) is 22.9. The predicted molar refractivity (Wildman–Crippen MR) is 142 cm³/mol. The molecule has 1 aliphatic carbocycles. The van der Waals surface area contributed by atoms with Crippen LogP contribution in [0.4, 0.5) is 0 Å². The largest absolute Gasteiger partial charge is 0.410 e. The summed E-state index contributed by atoms with van der Waals surface area (Å²) in [5, 5.41) is 0. The molecule has 0 unspecified atom stereocenters. The second-order valence-electron chi connectivity index (χ2n) is 9.31. The third-order valence-corrected chi connectivity index (χ3v) is 13.2. The molecule has 0 heterocycles. The van der Waals surface area contributed by atoms with E-state index in [1.165, 1.54) is 48.5 Å². The van der Waals surface area contributed by atoms with Crippen molar-refractivity contribution in [2.45, 2.75) is 110 Å². The van der Waals surface area contributed by atoms with Gasteiger partial charge in [-0.2, -0.15) is 0 Å². The third kappa shape index (κ3) is 6.59. The molecule has 2 rings (SSSR count). The monoisotopic (exact) mass is 502 g/mol. The first kappa shape index (κ1) is 26.4. The van der Waals surface area contributed by atoms with E-state index in [1.54, 1.807) is 0 Å². The Morgan fingerprint density at radius 1 is 1.13 bits per heavy atom. The van der Waals surface area contributed by atoms with Crippen LogP contribution in [0.15, 0.2) is 34.8 Å². The lowest BCUT2D eigenvalue weighted by atomic mass is 9.74. The molecule has 0 amide bonds. The quantitative estimate of drug-likeness (QED) is 0.241. The zero-order valence-corrected chi connectivity index (χ0v) is 23.3. The van der Waals surface area contributed by atoms with Crippen molar-refractivity contribution in [3.05, 3.63) is 46.0 Å². The molecule has 1 aliphatic rings. The molecule has 1 aromatic carbocycles. The fraction of sp³-hybridized carbons (Fsp3) is 0.643. The highest BCUT2D eigenvalue weighted by atomic mass is 79.9. The number of hydrogen-bond acceptors (Lipinski definition) is 1. The van der Waals surface area contributed by atoms with E-state index in [4.69, 9.17) is 4.43 Å². The Morgan fingerprint density at radius 3 is 2.39 bits per heavy atom. The van der Waals surface area contributed by atoms with Gasteiger partial charge in [0, 0.05) is 12.0 Å². The van der Waals surface area contributed by atoms with Crippen LogP contribution in [-0.2, 0) is 4.43 Å². The molecule has 0 bridgehead atoms. The average Bonchev–Trinajstić information content (AvgIpc) is 2.82. The Kier molecular flexibility index (Phi) is 10.6. The van der Waals surface area contributed by atoms with E-state index in [0.29, 0.717) is 11.8 Å². The predicted octanol–water partition coefficient (Wildman–Crippen LogP) is 9.19. The van der Waals surface area contributed by atoms with Crippen LogP contribution in [0, 0.1) is 17.8 Å². The molecule has 0 spiro atoms. The zero-order valence-electron chi connectivity index (χ0n) is 20.7. The minimum atomic E-state index is -1.65. The first-order valence-corrected chi connectivity index (χ1v) is 15.9. The van der Waals surface area contributed by atoms with Gasteiger partial charge < -0.3 is 4.43 Å². The van der Waals surface area contributed by atoms with Crippen LogP contribution in [-0.4, -0.2) is 13.9 Å². The number of hydrogen-bond donors (Lipinski definition) is 0. The van der Waals surface area contributed by atoms with Crippen molar-refractivity contribution < 1.29 is 4.43 Å². The van der Waals surface area contributed by atoms with E-state index in [9.17, 15) is 0 Å². The second-order valence-corrected chi connectivity index (χ2v) is 14.5. The molecular weight excluding hydrogens is 460 g/mol. The van der Waals surface area contributed by atoms with Crippen molar-refractivity contribution in [3.63, 3.8) is 0 Å². The average molecular weight is 504 g/mol. The third-order valence-electron chi connectivity index (χ3n) is 7.92. The van der Waals surface area contributed by atoms with Crippen LogP contribution in [0.2, 0.25) is 18.1 Å². The summed E-state index contributed by atoms with van der Waals surface area (Å²) in [7, 11) is -1.65. The molecule has 1 nitrogen and oxygen atoms in total. The first-order valence-electron chi connectivity index (χ1n) is 12.5. The van der Waals surface area contributed by atoms with Gasteiger partial charge in [-0.05, 0) is 84.8 Å². The van der Waals surface area contributed by atoms with Crippen LogP contribution in [0.3, 0.4) is 0 Å². The summed E-state index contributed by atoms with van der Waals surface area (Å²) in [6.07, 6.45) is 6.66. The molecule has 0 aromatic heterocycles. The van der Waals surface area contributed by atoms with E-state index in [0.717, 1.165) is 24.8 Å². The van der Waals surface area contributed by atoms with Crippen LogP contribution in [0.25, 0.3) is 0 Å². The number of halogens is 1. The molecule has 0 N–H and O–H groups in total. The Balaban J connectivity index is 2.20.